The second kappa shape index (κ2) is 3.89. The van der Waals surface area contributed by atoms with Gasteiger partial charge in [-0.15, -0.1) is 0 Å². The molecule has 3 saturated heterocycles. The lowest BCUT2D eigenvalue weighted by atomic mass is 9.95. The number of carbonyl (C=O) groups excluding carboxylic acids is 1. The van der Waals surface area contributed by atoms with Crippen molar-refractivity contribution in [3.05, 3.63) is 0 Å². The number of rotatable bonds is 2. The zero-order valence-electron chi connectivity index (χ0n) is 9.61. The maximum absolute atomic E-state index is 10.9. The van der Waals surface area contributed by atoms with Gasteiger partial charge in [0.05, 0.1) is 6.54 Å². The molecular formula is C11H19N3O2. The number of nitrogens with one attached hydrogen (secondary N) is 2. The molecule has 3 aliphatic rings. The second-order valence-corrected chi connectivity index (χ2v) is 5.18. The van der Waals surface area contributed by atoms with Crippen LogP contribution in [-0.2, 0) is 4.74 Å². The van der Waals surface area contributed by atoms with Crippen molar-refractivity contribution in [1.29, 1.82) is 0 Å². The Kier molecular flexibility index (Phi) is 2.52. The van der Waals surface area contributed by atoms with Gasteiger partial charge in [0.15, 0.2) is 0 Å². The van der Waals surface area contributed by atoms with E-state index in [9.17, 15) is 4.79 Å². The standard InChI is InChI=1S/C11H19N3O2/c1-7-10-4-12-2-8(10)5-14(7)6-9-3-13-11(15)16-9/h7-10,12H,2-6H2,1H3,(H,13,15). The number of fused-ring (bicyclic) bond motifs is 1. The van der Waals surface area contributed by atoms with E-state index in [-0.39, 0.29) is 12.2 Å². The van der Waals surface area contributed by atoms with Crippen molar-refractivity contribution in [2.24, 2.45) is 11.8 Å². The van der Waals surface area contributed by atoms with Gasteiger partial charge in [-0.25, -0.2) is 4.79 Å². The number of ether oxygens (including phenoxy) is 1. The van der Waals surface area contributed by atoms with E-state index in [1.807, 2.05) is 0 Å². The summed E-state index contributed by atoms with van der Waals surface area (Å²) < 4.78 is 5.19. The number of alkyl carbamates (subject to hydrolysis) is 1. The van der Waals surface area contributed by atoms with Gasteiger partial charge in [0.2, 0.25) is 0 Å². The molecule has 0 aromatic rings. The predicted octanol–water partition coefficient (Wildman–Crippen LogP) is -0.365. The highest BCUT2D eigenvalue weighted by molar-refractivity contribution is 5.69. The van der Waals surface area contributed by atoms with Crippen molar-refractivity contribution in [2.75, 3.05) is 32.7 Å². The van der Waals surface area contributed by atoms with Gasteiger partial charge in [-0.1, -0.05) is 0 Å². The monoisotopic (exact) mass is 225 g/mol. The van der Waals surface area contributed by atoms with Gasteiger partial charge in [0.25, 0.3) is 0 Å². The van der Waals surface area contributed by atoms with Crippen LogP contribution in [0.25, 0.3) is 0 Å². The Labute approximate surface area is 95.5 Å². The minimum atomic E-state index is -0.265. The Morgan fingerprint density at radius 1 is 1.44 bits per heavy atom. The second-order valence-electron chi connectivity index (χ2n) is 5.18. The predicted molar refractivity (Wildman–Crippen MR) is 59.2 cm³/mol. The number of amides is 1. The summed E-state index contributed by atoms with van der Waals surface area (Å²) in [6, 6.07) is 0.610. The van der Waals surface area contributed by atoms with Crippen molar-refractivity contribution in [2.45, 2.75) is 19.1 Å². The maximum atomic E-state index is 10.9. The van der Waals surface area contributed by atoms with Crippen molar-refractivity contribution < 1.29 is 9.53 Å². The van der Waals surface area contributed by atoms with Crippen molar-refractivity contribution in [3.63, 3.8) is 0 Å². The molecule has 0 aromatic heterocycles. The summed E-state index contributed by atoms with van der Waals surface area (Å²) in [5.41, 5.74) is 0. The first kappa shape index (κ1) is 10.4. The van der Waals surface area contributed by atoms with Gasteiger partial charge in [0, 0.05) is 19.1 Å². The summed E-state index contributed by atoms with van der Waals surface area (Å²) >= 11 is 0. The molecule has 3 heterocycles. The van der Waals surface area contributed by atoms with Gasteiger partial charge < -0.3 is 15.4 Å². The zero-order valence-corrected chi connectivity index (χ0v) is 9.61. The van der Waals surface area contributed by atoms with Crippen LogP contribution in [0, 0.1) is 11.8 Å². The third-order valence-electron chi connectivity index (χ3n) is 4.24. The highest BCUT2D eigenvalue weighted by Crippen LogP contribution is 2.32. The van der Waals surface area contributed by atoms with E-state index in [0.29, 0.717) is 12.6 Å². The van der Waals surface area contributed by atoms with Crippen molar-refractivity contribution in [1.82, 2.24) is 15.5 Å². The molecule has 3 fully saturated rings. The third kappa shape index (κ3) is 1.68. The Bertz CT molecular complexity index is 297. The average Bonchev–Trinajstić information content (AvgIpc) is 2.90. The molecule has 1 amide bonds. The van der Waals surface area contributed by atoms with Crippen LogP contribution in [0.3, 0.4) is 0 Å². The Morgan fingerprint density at radius 2 is 2.31 bits per heavy atom. The molecule has 4 unspecified atom stereocenters. The van der Waals surface area contributed by atoms with Gasteiger partial charge in [0.1, 0.15) is 6.10 Å². The molecule has 0 spiro atoms. The Hall–Kier alpha value is -0.810. The van der Waals surface area contributed by atoms with Crippen LogP contribution in [0.2, 0.25) is 0 Å². The van der Waals surface area contributed by atoms with Gasteiger partial charge in [-0.2, -0.15) is 0 Å². The lowest BCUT2D eigenvalue weighted by Crippen LogP contribution is -2.39. The van der Waals surface area contributed by atoms with Gasteiger partial charge in [-0.3, -0.25) is 4.90 Å². The van der Waals surface area contributed by atoms with Gasteiger partial charge in [-0.05, 0) is 31.8 Å². The molecule has 2 N–H and O–H groups in total. The molecule has 3 aliphatic heterocycles. The van der Waals surface area contributed by atoms with E-state index in [1.54, 1.807) is 0 Å². The Balaban J connectivity index is 1.58. The topological polar surface area (TPSA) is 53.6 Å². The van der Waals surface area contributed by atoms with E-state index in [1.165, 1.54) is 0 Å². The van der Waals surface area contributed by atoms with Crippen LogP contribution in [0.4, 0.5) is 4.79 Å². The fraction of sp³-hybridized carbons (Fsp3) is 0.909. The largest absolute Gasteiger partial charge is 0.443 e. The fourth-order valence-electron chi connectivity index (χ4n) is 3.29. The average molecular weight is 225 g/mol. The van der Waals surface area contributed by atoms with Gasteiger partial charge >= 0.3 is 6.09 Å². The first-order valence-corrected chi connectivity index (χ1v) is 6.13. The number of carbonyl (C=O) groups is 1. The first-order chi connectivity index (χ1) is 7.74. The number of cyclic esters (lactones) is 1. The van der Waals surface area contributed by atoms with Crippen LogP contribution >= 0.6 is 0 Å². The molecular weight excluding hydrogens is 206 g/mol. The number of hydrogen-bond donors (Lipinski definition) is 2. The smallest absolute Gasteiger partial charge is 0.407 e. The summed E-state index contributed by atoms with van der Waals surface area (Å²) in [5.74, 6) is 1.57. The number of likely N-dealkylation sites (tertiary alicyclic amines) is 1. The molecule has 0 aromatic carbocycles. The van der Waals surface area contributed by atoms with E-state index in [2.05, 4.69) is 22.5 Å². The molecule has 90 valence electrons. The van der Waals surface area contributed by atoms with Crippen LogP contribution < -0.4 is 10.6 Å². The lowest BCUT2D eigenvalue weighted by Gasteiger charge is -2.25. The minimum Gasteiger partial charge on any atom is -0.443 e. The van der Waals surface area contributed by atoms with Crippen LogP contribution in [0.1, 0.15) is 6.92 Å². The lowest BCUT2D eigenvalue weighted by molar-refractivity contribution is 0.102. The van der Waals surface area contributed by atoms with Crippen LogP contribution in [0.15, 0.2) is 0 Å². The molecule has 0 saturated carbocycles. The highest BCUT2D eigenvalue weighted by Gasteiger charge is 2.42. The molecule has 3 rings (SSSR count). The molecule has 16 heavy (non-hydrogen) atoms. The fourth-order valence-corrected chi connectivity index (χ4v) is 3.29. The summed E-state index contributed by atoms with van der Waals surface area (Å²) in [4.78, 5) is 13.4. The maximum Gasteiger partial charge on any atom is 0.407 e. The molecule has 4 atom stereocenters. The summed E-state index contributed by atoms with van der Waals surface area (Å²) in [7, 11) is 0. The number of nitrogens with zero attached hydrogens (tertiary/aromatic N) is 1. The van der Waals surface area contributed by atoms with Crippen LogP contribution in [0.5, 0.6) is 0 Å². The van der Waals surface area contributed by atoms with E-state index in [0.717, 1.165) is 38.0 Å². The van der Waals surface area contributed by atoms with Crippen LogP contribution in [-0.4, -0.2) is 55.9 Å². The van der Waals surface area contributed by atoms with Crippen molar-refractivity contribution in [3.8, 4) is 0 Å². The Morgan fingerprint density at radius 3 is 3.00 bits per heavy atom. The quantitative estimate of drug-likeness (QED) is 0.673. The summed E-state index contributed by atoms with van der Waals surface area (Å²) in [6.07, 6.45) is -0.222. The minimum absolute atomic E-state index is 0.0433. The van der Waals surface area contributed by atoms with E-state index >= 15 is 0 Å². The molecule has 0 radical (unpaired) electrons. The summed E-state index contributed by atoms with van der Waals surface area (Å²) in [5, 5.41) is 6.16. The SMILES string of the molecule is CC1C2CNCC2CN1CC1CNC(=O)O1. The molecule has 5 heteroatoms. The third-order valence-corrected chi connectivity index (χ3v) is 4.24. The van der Waals surface area contributed by atoms with Crippen molar-refractivity contribution >= 4 is 6.09 Å². The first-order valence-electron chi connectivity index (χ1n) is 6.13. The molecule has 0 bridgehead atoms. The number of hydrogen-bond acceptors (Lipinski definition) is 4. The normalized spacial score (nSPS) is 43.2. The van der Waals surface area contributed by atoms with E-state index in [4.69, 9.17) is 4.74 Å². The van der Waals surface area contributed by atoms with E-state index < -0.39 is 0 Å². The highest BCUT2D eigenvalue weighted by atomic mass is 16.6. The molecule has 0 aliphatic carbocycles. The zero-order chi connectivity index (χ0) is 11.1. The summed E-state index contributed by atoms with van der Waals surface area (Å²) in [6.45, 7) is 7.27. The molecule has 5 nitrogen and oxygen atoms in total.